The van der Waals surface area contributed by atoms with Gasteiger partial charge in [-0.25, -0.2) is 4.79 Å². The van der Waals surface area contributed by atoms with Crippen molar-refractivity contribution in [3.63, 3.8) is 0 Å². The lowest BCUT2D eigenvalue weighted by Crippen LogP contribution is -2.56. The summed E-state index contributed by atoms with van der Waals surface area (Å²) in [6.45, 7) is 6.69. The first-order chi connectivity index (χ1) is 11.8. The van der Waals surface area contributed by atoms with Crippen molar-refractivity contribution in [3.8, 4) is 0 Å². The van der Waals surface area contributed by atoms with E-state index in [9.17, 15) is 19.8 Å². The monoisotopic (exact) mass is 353 g/mol. The van der Waals surface area contributed by atoms with Gasteiger partial charge in [0.1, 0.15) is 18.8 Å². The first kappa shape index (κ1) is 18.4. The summed E-state index contributed by atoms with van der Waals surface area (Å²) in [7, 11) is 0. The van der Waals surface area contributed by atoms with E-state index >= 15 is 0 Å². The minimum atomic E-state index is -2.13. The van der Waals surface area contributed by atoms with E-state index < -0.39 is 29.6 Å². The molecule has 2 saturated heterocycles. The molecule has 3 heterocycles. The summed E-state index contributed by atoms with van der Waals surface area (Å²) in [5.74, 6) is -2.76. The standard InChI is InChI=1S/C18H27NO6/c1-4-18(23)15(20)13(10(2)3)16(21)25-12-6-8-19-7-5-11(14(12)19)9-24-17(18)22/h5,10,12-15,20,23H,4,6-9H2,1-3H3/t12-,13+,14-,15-,18-/m1/s1. The highest BCUT2D eigenvalue weighted by Gasteiger charge is 2.52. The summed E-state index contributed by atoms with van der Waals surface area (Å²) < 4.78 is 11.1. The van der Waals surface area contributed by atoms with Gasteiger partial charge in [-0.05, 0) is 24.3 Å². The molecule has 0 aromatic carbocycles. The molecule has 0 bridgehead atoms. The van der Waals surface area contributed by atoms with Crippen molar-refractivity contribution < 1.29 is 29.3 Å². The summed E-state index contributed by atoms with van der Waals surface area (Å²) in [5.41, 5.74) is -1.24. The van der Waals surface area contributed by atoms with Gasteiger partial charge < -0.3 is 19.7 Å². The Balaban J connectivity index is 1.98. The Hall–Kier alpha value is -1.44. The van der Waals surface area contributed by atoms with Crippen LogP contribution in [0.3, 0.4) is 0 Å². The van der Waals surface area contributed by atoms with Crippen molar-refractivity contribution in [1.29, 1.82) is 0 Å². The number of aliphatic hydroxyl groups is 2. The number of aliphatic hydroxyl groups excluding tert-OH is 1. The second kappa shape index (κ2) is 6.70. The number of ether oxygens (including phenoxy) is 2. The third kappa shape index (κ3) is 2.98. The third-order valence-electron chi connectivity index (χ3n) is 5.76. The quantitative estimate of drug-likeness (QED) is 0.542. The maximum Gasteiger partial charge on any atom is 0.341 e. The molecule has 0 aromatic rings. The van der Waals surface area contributed by atoms with E-state index in [2.05, 4.69) is 4.90 Å². The van der Waals surface area contributed by atoms with Gasteiger partial charge in [-0.3, -0.25) is 9.69 Å². The van der Waals surface area contributed by atoms with Crippen LogP contribution in [0, 0.1) is 11.8 Å². The van der Waals surface area contributed by atoms with Crippen LogP contribution in [0.4, 0.5) is 0 Å². The number of carbonyl (C=O) groups excluding carboxylic acids is 2. The van der Waals surface area contributed by atoms with Crippen molar-refractivity contribution in [2.45, 2.75) is 57.5 Å². The molecule has 140 valence electrons. The number of rotatable bonds is 2. The van der Waals surface area contributed by atoms with Crippen LogP contribution in [0.25, 0.3) is 0 Å². The van der Waals surface area contributed by atoms with Crippen molar-refractivity contribution in [2.24, 2.45) is 11.8 Å². The average molecular weight is 353 g/mol. The summed E-state index contributed by atoms with van der Waals surface area (Å²) in [6, 6.07) is -0.0884. The number of carbonyl (C=O) groups is 2. The summed E-state index contributed by atoms with van der Waals surface area (Å²) in [5, 5.41) is 21.5. The third-order valence-corrected chi connectivity index (χ3v) is 5.76. The zero-order valence-corrected chi connectivity index (χ0v) is 15.0. The maximum atomic E-state index is 12.8. The first-order valence-corrected chi connectivity index (χ1v) is 9.00. The Labute approximate surface area is 147 Å². The molecule has 0 saturated carbocycles. The first-order valence-electron chi connectivity index (χ1n) is 9.00. The summed E-state index contributed by atoms with van der Waals surface area (Å²) in [4.78, 5) is 27.5. The van der Waals surface area contributed by atoms with E-state index in [0.717, 1.165) is 18.7 Å². The normalized spacial score (nSPS) is 39.5. The van der Waals surface area contributed by atoms with Gasteiger partial charge in [-0.2, -0.15) is 0 Å². The van der Waals surface area contributed by atoms with E-state index in [1.807, 2.05) is 6.08 Å². The molecule has 3 aliphatic heterocycles. The van der Waals surface area contributed by atoms with Crippen LogP contribution in [-0.4, -0.2) is 70.6 Å². The zero-order chi connectivity index (χ0) is 18.4. The van der Waals surface area contributed by atoms with Crippen molar-refractivity contribution >= 4 is 11.9 Å². The lowest BCUT2D eigenvalue weighted by Gasteiger charge is -2.35. The van der Waals surface area contributed by atoms with E-state index in [1.54, 1.807) is 20.8 Å². The molecule has 2 N–H and O–H groups in total. The maximum absolute atomic E-state index is 12.8. The minimum absolute atomic E-state index is 0.0371. The molecule has 7 heteroatoms. The highest BCUT2D eigenvalue weighted by atomic mass is 16.6. The fourth-order valence-corrected chi connectivity index (χ4v) is 4.16. The van der Waals surface area contributed by atoms with E-state index in [4.69, 9.17) is 9.47 Å². The molecule has 0 aromatic heterocycles. The lowest BCUT2D eigenvalue weighted by molar-refractivity contribution is -0.190. The average Bonchev–Trinajstić information content (AvgIpc) is 3.13. The Morgan fingerprint density at radius 1 is 1.40 bits per heavy atom. The zero-order valence-electron chi connectivity index (χ0n) is 15.0. The number of nitrogens with zero attached hydrogens (tertiary/aromatic N) is 1. The van der Waals surface area contributed by atoms with Crippen molar-refractivity contribution in [1.82, 2.24) is 4.90 Å². The fraction of sp³-hybridized carbons (Fsp3) is 0.778. The lowest BCUT2D eigenvalue weighted by atomic mass is 9.79. The molecule has 0 radical (unpaired) electrons. The summed E-state index contributed by atoms with van der Waals surface area (Å²) >= 11 is 0. The van der Waals surface area contributed by atoms with Gasteiger partial charge in [0.2, 0.25) is 0 Å². The van der Waals surface area contributed by atoms with Gasteiger partial charge in [-0.1, -0.05) is 26.8 Å². The second-order valence-electron chi connectivity index (χ2n) is 7.55. The molecular formula is C18H27NO6. The minimum Gasteiger partial charge on any atom is -0.460 e. The SMILES string of the molecule is CC[C@]1(O)C(=O)OCC2=CCN3CC[C@@H](OC(=O)[C@@H](C(C)C)[C@H]1O)[C@@H]23. The molecule has 0 spiro atoms. The molecule has 25 heavy (non-hydrogen) atoms. The van der Waals surface area contributed by atoms with Gasteiger partial charge >= 0.3 is 11.9 Å². The predicted molar refractivity (Wildman–Crippen MR) is 88.5 cm³/mol. The highest BCUT2D eigenvalue weighted by molar-refractivity contribution is 5.83. The smallest absolute Gasteiger partial charge is 0.341 e. The Kier molecular flexibility index (Phi) is 4.92. The van der Waals surface area contributed by atoms with E-state index in [-0.39, 0.29) is 31.1 Å². The van der Waals surface area contributed by atoms with Gasteiger partial charge in [0.05, 0.1) is 12.0 Å². The number of cyclic esters (lactones) is 1. The topological polar surface area (TPSA) is 96.3 Å². The molecule has 3 rings (SSSR count). The van der Waals surface area contributed by atoms with Crippen LogP contribution in [0.1, 0.15) is 33.6 Å². The van der Waals surface area contributed by atoms with E-state index in [1.165, 1.54) is 0 Å². The van der Waals surface area contributed by atoms with Crippen molar-refractivity contribution in [3.05, 3.63) is 11.6 Å². The van der Waals surface area contributed by atoms with Crippen LogP contribution in [-0.2, 0) is 19.1 Å². The Morgan fingerprint density at radius 2 is 2.12 bits per heavy atom. The molecule has 2 fully saturated rings. The molecule has 5 atom stereocenters. The molecule has 0 amide bonds. The van der Waals surface area contributed by atoms with Crippen LogP contribution >= 0.6 is 0 Å². The van der Waals surface area contributed by atoms with Gasteiger partial charge in [0.15, 0.2) is 5.60 Å². The number of hydrogen-bond acceptors (Lipinski definition) is 7. The summed E-state index contributed by atoms with van der Waals surface area (Å²) in [6.07, 6.45) is 0.738. The van der Waals surface area contributed by atoms with Crippen LogP contribution in [0.15, 0.2) is 11.6 Å². The highest BCUT2D eigenvalue weighted by Crippen LogP contribution is 2.35. The van der Waals surface area contributed by atoms with Crippen molar-refractivity contribution in [2.75, 3.05) is 19.7 Å². The number of hydrogen-bond donors (Lipinski definition) is 2. The number of esters is 2. The van der Waals surface area contributed by atoms with Gasteiger partial charge in [0.25, 0.3) is 0 Å². The fourth-order valence-electron chi connectivity index (χ4n) is 4.16. The second-order valence-corrected chi connectivity index (χ2v) is 7.55. The molecule has 0 unspecified atom stereocenters. The van der Waals surface area contributed by atoms with Crippen LogP contribution < -0.4 is 0 Å². The van der Waals surface area contributed by atoms with Gasteiger partial charge in [-0.15, -0.1) is 0 Å². The molecule has 3 aliphatic rings. The predicted octanol–water partition coefficient (Wildman–Crippen LogP) is 0.243. The van der Waals surface area contributed by atoms with Gasteiger partial charge in [0, 0.05) is 13.1 Å². The molecule has 0 aliphatic carbocycles. The van der Waals surface area contributed by atoms with Crippen LogP contribution in [0.5, 0.6) is 0 Å². The van der Waals surface area contributed by atoms with Crippen LogP contribution in [0.2, 0.25) is 0 Å². The van der Waals surface area contributed by atoms with E-state index in [0.29, 0.717) is 6.42 Å². The molecule has 7 nitrogen and oxygen atoms in total. The molecular weight excluding hydrogens is 326 g/mol. The Bertz CT molecular complexity index is 588. The largest absolute Gasteiger partial charge is 0.460 e. The Morgan fingerprint density at radius 3 is 2.76 bits per heavy atom.